The number of aromatic nitrogens is 3. The van der Waals surface area contributed by atoms with E-state index in [0.29, 0.717) is 16.6 Å². The van der Waals surface area contributed by atoms with Crippen molar-refractivity contribution in [3.8, 4) is 11.5 Å². The molecule has 0 fully saturated rings. The molecule has 2 N–H and O–H groups in total. The molecule has 4 nitrogen and oxygen atoms in total. The van der Waals surface area contributed by atoms with E-state index in [1.54, 1.807) is 0 Å². The van der Waals surface area contributed by atoms with Crippen LogP contribution in [0.15, 0.2) is 18.3 Å². The second-order valence-electron chi connectivity index (χ2n) is 2.32. The Hall–Kier alpha value is -1.56. The van der Waals surface area contributed by atoms with Crippen molar-refractivity contribution < 1.29 is 4.39 Å². The van der Waals surface area contributed by atoms with Crippen LogP contribution in [0.1, 0.15) is 0 Å². The summed E-state index contributed by atoms with van der Waals surface area (Å²) in [5.74, 6) is 0.0504. The van der Waals surface area contributed by atoms with Crippen LogP contribution in [0.5, 0.6) is 0 Å². The van der Waals surface area contributed by atoms with Gasteiger partial charge in [-0.2, -0.15) is 9.36 Å². The number of nitrogens with zero attached hydrogens (tertiary/aromatic N) is 3. The first-order valence-corrected chi connectivity index (χ1v) is 4.24. The molecule has 0 saturated heterocycles. The third-order valence-electron chi connectivity index (χ3n) is 1.40. The molecular weight excluding hydrogens is 191 g/mol. The highest BCUT2D eigenvalue weighted by atomic mass is 32.1. The van der Waals surface area contributed by atoms with E-state index < -0.39 is 0 Å². The van der Waals surface area contributed by atoms with Crippen molar-refractivity contribution in [1.82, 2.24) is 14.3 Å². The molecule has 0 aliphatic rings. The van der Waals surface area contributed by atoms with Gasteiger partial charge in [0.15, 0.2) is 11.0 Å². The third kappa shape index (κ3) is 1.62. The van der Waals surface area contributed by atoms with Gasteiger partial charge >= 0.3 is 0 Å². The van der Waals surface area contributed by atoms with Crippen molar-refractivity contribution >= 4 is 16.7 Å². The summed E-state index contributed by atoms with van der Waals surface area (Å²) >= 11 is 1.09. The van der Waals surface area contributed by atoms with Gasteiger partial charge in [0, 0.05) is 11.5 Å². The number of nitrogens with two attached hydrogens (primary N) is 1. The normalized spacial score (nSPS) is 10.2. The van der Waals surface area contributed by atoms with E-state index in [-0.39, 0.29) is 5.82 Å². The first-order chi connectivity index (χ1) is 6.25. The van der Waals surface area contributed by atoms with Crippen molar-refractivity contribution in [1.29, 1.82) is 0 Å². The summed E-state index contributed by atoms with van der Waals surface area (Å²) in [4.78, 5) is 7.72. The molecule has 0 aromatic carbocycles. The molecule has 2 heterocycles. The average Bonchev–Trinajstić information content (AvgIpc) is 2.53. The molecule has 6 heteroatoms. The lowest BCUT2D eigenvalue weighted by molar-refractivity contribution is 0.621. The van der Waals surface area contributed by atoms with Gasteiger partial charge < -0.3 is 5.73 Å². The predicted octanol–water partition coefficient (Wildman–Crippen LogP) is 1.32. The molecule has 2 rings (SSSR count). The molecule has 0 saturated carbocycles. The Kier molecular flexibility index (Phi) is 1.90. The lowest BCUT2D eigenvalue weighted by Gasteiger charge is -1.92. The van der Waals surface area contributed by atoms with E-state index in [9.17, 15) is 4.39 Å². The summed E-state index contributed by atoms with van der Waals surface area (Å²) < 4.78 is 16.4. The molecular formula is C7H5FN4S. The van der Waals surface area contributed by atoms with Crippen molar-refractivity contribution in [2.24, 2.45) is 0 Å². The highest BCUT2D eigenvalue weighted by Crippen LogP contribution is 2.16. The molecule has 0 amide bonds. The fourth-order valence-electron chi connectivity index (χ4n) is 0.847. The predicted molar refractivity (Wildman–Crippen MR) is 47.5 cm³/mol. The number of halogens is 1. The minimum absolute atomic E-state index is 0.376. The van der Waals surface area contributed by atoms with Gasteiger partial charge in [-0.15, -0.1) is 0 Å². The van der Waals surface area contributed by atoms with Gasteiger partial charge in [0.2, 0.25) is 0 Å². The highest BCUT2D eigenvalue weighted by Gasteiger charge is 2.05. The number of rotatable bonds is 1. The van der Waals surface area contributed by atoms with Crippen LogP contribution in [-0.2, 0) is 0 Å². The van der Waals surface area contributed by atoms with Crippen molar-refractivity contribution in [3.05, 3.63) is 24.1 Å². The van der Waals surface area contributed by atoms with Crippen LogP contribution >= 0.6 is 11.5 Å². The van der Waals surface area contributed by atoms with Crippen LogP contribution in [0.25, 0.3) is 11.5 Å². The smallest absolute Gasteiger partial charge is 0.200 e. The molecule has 0 spiro atoms. The van der Waals surface area contributed by atoms with Crippen molar-refractivity contribution in [2.45, 2.75) is 0 Å². The minimum atomic E-state index is -0.382. The van der Waals surface area contributed by atoms with Gasteiger partial charge in [0.05, 0.1) is 6.20 Å². The highest BCUT2D eigenvalue weighted by molar-refractivity contribution is 7.09. The Labute approximate surface area is 77.4 Å². The number of nitrogen functional groups attached to an aromatic ring is 1. The van der Waals surface area contributed by atoms with Gasteiger partial charge in [-0.1, -0.05) is 0 Å². The fourth-order valence-corrected chi connectivity index (χ4v) is 1.29. The molecule has 0 unspecified atom stereocenters. The first-order valence-electron chi connectivity index (χ1n) is 3.47. The van der Waals surface area contributed by atoms with Crippen LogP contribution in [0.2, 0.25) is 0 Å². The van der Waals surface area contributed by atoms with Gasteiger partial charge in [-0.05, 0) is 12.1 Å². The Morgan fingerprint density at radius 1 is 1.38 bits per heavy atom. The monoisotopic (exact) mass is 196 g/mol. The van der Waals surface area contributed by atoms with E-state index >= 15 is 0 Å². The van der Waals surface area contributed by atoms with Gasteiger partial charge in [-0.25, -0.2) is 9.37 Å². The van der Waals surface area contributed by atoms with E-state index in [1.807, 2.05) is 0 Å². The minimum Gasteiger partial charge on any atom is -0.374 e. The maximum atomic E-state index is 12.5. The summed E-state index contributed by atoms with van der Waals surface area (Å²) in [6, 6.07) is 2.82. The molecule has 0 atom stereocenters. The second kappa shape index (κ2) is 3.06. The Morgan fingerprint density at radius 3 is 2.77 bits per heavy atom. The lowest BCUT2D eigenvalue weighted by atomic mass is 10.3. The van der Waals surface area contributed by atoms with Gasteiger partial charge in [0.25, 0.3) is 0 Å². The maximum absolute atomic E-state index is 12.5. The van der Waals surface area contributed by atoms with Crippen LogP contribution in [-0.4, -0.2) is 14.3 Å². The zero-order chi connectivity index (χ0) is 9.26. The maximum Gasteiger partial charge on any atom is 0.200 e. The van der Waals surface area contributed by atoms with E-state index in [4.69, 9.17) is 5.73 Å². The number of pyridine rings is 1. The largest absolute Gasteiger partial charge is 0.374 e. The van der Waals surface area contributed by atoms with Crippen LogP contribution in [0, 0.1) is 5.82 Å². The molecule has 0 bridgehead atoms. The third-order valence-corrected chi connectivity index (χ3v) is 1.94. The molecule has 2 aromatic rings. The zero-order valence-corrected chi connectivity index (χ0v) is 7.25. The summed E-state index contributed by atoms with van der Waals surface area (Å²) in [6.07, 6.45) is 1.12. The molecule has 66 valence electrons. The molecule has 2 aromatic heterocycles. The Balaban J connectivity index is 2.41. The van der Waals surface area contributed by atoms with E-state index in [0.717, 1.165) is 17.7 Å². The van der Waals surface area contributed by atoms with E-state index in [1.165, 1.54) is 12.1 Å². The van der Waals surface area contributed by atoms with Gasteiger partial charge in [-0.3, -0.25) is 0 Å². The van der Waals surface area contributed by atoms with Crippen LogP contribution in [0.3, 0.4) is 0 Å². The number of hydrogen-bond acceptors (Lipinski definition) is 5. The lowest BCUT2D eigenvalue weighted by Crippen LogP contribution is -1.87. The quantitative estimate of drug-likeness (QED) is 0.747. The zero-order valence-electron chi connectivity index (χ0n) is 6.44. The summed E-state index contributed by atoms with van der Waals surface area (Å²) in [6.45, 7) is 0. The van der Waals surface area contributed by atoms with Gasteiger partial charge in [0.1, 0.15) is 11.5 Å². The van der Waals surface area contributed by atoms with Crippen LogP contribution in [0.4, 0.5) is 9.52 Å². The second-order valence-corrected chi connectivity index (χ2v) is 3.10. The van der Waals surface area contributed by atoms with Crippen LogP contribution < -0.4 is 5.73 Å². The number of anilines is 1. The van der Waals surface area contributed by atoms with Crippen molar-refractivity contribution in [2.75, 3.05) is 5.73 Å². The first kappa shape index (κ1) is 8.06. The Bertz CT molecular complexity index is 411. The topological polar surface area (TPSA) is 64.7 Å². The summed E-state index contributed by atoms with van der Waals surface area (Å²) in [7, 11) is 0. The van der Waals surface area contributed by atoms with Crippen molar-refractivity contribution in [3.63, 3.8) is 0 Å². The standard InChI is InChI=1S/C7H5FN4S/c8-4-1-2-5(10-3-4)6-11-7(9)13-12-6/h1-3H,(H2,9,11,12). The molecule has 13 heavy (non-hydrogen) atoms. The fraction of sp³-hybridized carbons (Fsp3) is 0. The molecule has 0 aliphatic carbocycles. The molecule has 0 radical (unpaired) electrons. The number of hydrogen-bond donors (Lipinski definition) is 1. The SMILES string of the molecule is Nc1nc(-c2ccc(F)cn2)ns1. The Morgan fingerprint density at radius 2 is 2.23 bits per heavy atom. The summed E-state index contributed by atoms with van der Waals surface area (Å²) in [5.41, 5.74) is 5.91. The molecule has 0 aliphatic heterocycles. The average molecular weight is 196 g/mol. The van der Waals surface area contributed by atoms with E-state index in [2.05, 4.69) is 14.3 Å². The summed E-state index contributed by atoms with van der Waals surface area (Å²) in [5, 5.41) is 0.376.